The predicted molar refractivity (Wildman–Crippen MR) is 94.8 cm³/mol. The molecule has 0 aromatic heterocycles. The number of carbonyl (C=O) groups is 2. The third-order valence-electron chi connectivity index (χ3n) is 3.84. The highest BCUT2D eigenvalue weighted by molar-refractivity contribution is 5.88. The molecule has 0 bridgehead atoms. The van der Waals surface area contributed by atoms with Crippen molar-refractivity contribution in [2.45, 2.75) is 39.5 Å². The summed E-state index contributed by atoms with van der Waals surface area (Å²) in [6.45, 7) is 3.90. The molecule has 0 N–H and O–H groups in total. The van der Waals surface area contributed by atoms with Crippen LogP contribution in [0.1, 0.15) is 31.4 Å². The first-order valence-corrected chi connectivity index (χ1v) is 8.32. The number of ether oxygens (including phenoxy) is 2. The Labute approximate surface area is 148 Å². The van der Waals surface area contributed by atoms with Gasteiger partial charge in [-0.15, -0.1) is 0 Å². The summed E-state index contributed by atoms with van der Waals surface area (Å²) in [4.78, 5) is 25.8. The van der Waals surface area contributed by atoms with E-state index < -0.39 is 12.2 Å². The highest BCUT2D eigenvalue weighted by Gasteiger charge is 2.29. The summed E-state index contributed by atoms with van der Waals surface area (Å²) in [6, 6.07) is 18.3. The lowest BCUT2D eigenvalue weighted by atomic mass is 10.2. The SMILES string of the molecule is CCC(C)N(C(=O)OCc1ccccc1)C(=O)OCc1ccccc1. The molecule has 0 fully saturated rings. The quantitative estimate of drug-likeness (QED) is 0.760. The molecule has 2 aromatic rings. The molecule has 25 heavy (non-hydrogen) atoms. The summed E-state index contributed by atoms with van der Waals surface area (Å²) < 4.78 is 10.5. The van der Waals surface area contributed by atoms with Crippen molar-refractivity contribution in [1.29, 1.82) is 0 Å². The van der Waals surface area contributed by atoms with Crippen LogP contribution in [0.25, 0.3) is 0 Å². The van der Waals surface area contributed by atoms with Crippen LogP contribution >= 0.6 is 0 Å². The Morgan fingerprint density at radius 3 is 1.60 bits per heavy atom. The van der Waals surface area contributed by atoms with E-state index in [9.17, 15) is 9.59 Å². The van der Waals surface area contributed by atoms with Crippen LogP contribution in [0.4, 0.5) is 9.59 Å². The van der Waals surface area contributed by atoms with Crippen LogP contribution in [0.15, 0.2) is 60.7 Å². The van der Waals surface area contributed by atoms with E-state index in [4.69, 9.17) is 9.47 Å². The fraction of sp³-hybridized carbons (Fsp3) is 0.300. The van der Waals surface area contributed by atoms with Crippen molar-refractivity contribution < 1.29 is 19.1 Å². The molecule has 5 heteroatoms. The van der Waals surface area contributed by atoms with Gasteiger partial charge in [0.05, 0.1) is 0 Å². The molecule has 2 amide bonds. The van der Waals surface area contributed by atoms with Crippen molar-refractivity contribution in [2.24, 2.45) is 0 Å². The van der Waals surface area contributed by atoms with Gasteiger partial charge in [-0.1, -0.05) is 67.6 Å². The summed E-state index contributed by atoms with van der Waals surface area (Å²) in [5.74, 6) is 0. The summed E-state index contributed by atoms with van der Waals surface area (Å²) in [6.07, 6.45) is -0.784. The van der Waals surface area contributed by atoms with Gasteiger partial charge in [0.2, 0.25) is 0 Å². The molecule has 0 radical (unpaired) electrons. The average Bonchev–Trinajstić information content (AvgIpc) is 2.66. The minimum absolute atomic E-state index is 0.110. The van der Waals surface area contributed by atoms with Gasteiger partial charge in [-0.25, -0.2) is 14.5 Å². The third kappa shape index (κ3) is 5.64. The molecular weight excluding hydrogens is 318 g/mol. The molecular formula is C20H23NO4. The number of nitrogens with zero attached hydrogens (tertiary/aromatic N) is 1. The molecule has 1 unspecified atom stereocenters. The molecule has 0 saturated carbocycles. The Morgan fingerprint density at radius 1 is 0.840 bits per heavy atom. The van der Waals surface area contributed by atoms with E-state index in [1.807, 2.05) is 67.6 Å². The molecule has 0 saturated heterocycles. The first-order valence-electron chi connectivity index (χ1n) is 8.32. The maximum atomic E-state index is 12.4. The van der Waals surface area contributed by atoms with Crippen LogP contribution in [0.5, 0.6) is 0 Å². The molecule has 132 valence electrons. The zero-order chi connectivity index (χ0) is 18.1. The van der Waals surface area contributed by atoms with Gasteiger partial charge in [0.15, 0.2) is 0 Å². The van der Waals surface area contributed by atoms with E-state index in [1.165, 1.54) is 0 Å². The average molecular weight is 341 g/mol. The third-order valence-corrected chi connectivity index (χ3v) is 3.84. The largest absolute Gasteiger partial charge is 0.444 e. The smallest absolute Gasteiger partial charge is 0.419 e. The molecule has 0 heterocycles. The van der Waals surface area contributed by atoms with E-state index in [0.717, 1.165) is 16.0 Å². The zero-order valence-corrected chi connectivity index (χ0v) is 14.6. The Bertz CT molecular complexity index is 617. The number of rotatable bonds is 6. The maximum Gasteiger partial charge on any atom is 0.419 e. The van der Waals surface area contributed by atoms with Gasteiger partial charge in [0, 0.05) is 6.04 Å². The lowest BCUT2D eigenvalue weighted by Gasteiger charge is -2.25. The number of benzene rings is 2. The normalized spacial score (nSPS) is 11.4. The Hall–Kier alpha value is -2.82. The molecule has 0 aliphatic carbocycles. The van der Waals surface area contributed by atoms with Crippen molar-refractivity contribution >= 4 is 12.2 Å². The fourth-order valence-corrected chi connectivity index (χ4v) is 2.19. The Morgan fingerprint density at radius 2 is 1.24 bits per heavy atom. The summed E-state index contributed by atoms with van der Waals surface area (Å²) in [7, 11) is 0. The summed E-state index contributed by atoms with van der Waals surface area (Å²) >= 11 is 0. The van der Waals surface area contributed by atoms with E-state index >= 15 is 0 Å². The molecule has 0 aliphatic heterocycles. The van der Waals surface area contributed by atoms with Crippen molar-refractivity contribution in [2.75, 3.05) is 0 Å². The zero-order valence-electron chi connectivity index (χ0n) is 14.6. The highest BCUT2D eigenvalue weighted by Crippen LogP contribution is 2.12. The number of imide groups is 1. The van der Waals surface area contributed by atoms with Crippen LogP contribution < -0.4 is 0 Å². The first kappa shape index (κ1) is 18.5. The molecule has 5 nitrogen and oxygen atoms in total. The summed E-state index contributed by atoms with van der Waals surface area (Å²) in [5.41, 5.74) is 1.72. The van der Waals surface area contributed by atoms with Gasteiger partial charge < -0.3 is 9.47 Å². The van der Waals surface area contributed by atoms with Crippen molar-refractivity contribution in [3.8, 4) is 0 Å². The van der Waals surface area contributed by atoms with Crippen molar-refractivity contribution in [3.63, 3.8) is 0 Å². The number of amides is 2. The minimum atomic E-state index is -0.698. The number of hydrogen-bond donors (Lipinski definition) is 0. The van der Waals surface area contributed by atoms with Crippen molar-refractivity contribution in [3.05, 3.63) is 71.8 Å². The second kappa shape index (κ2) is 9.47. The van der Waals surface area contributed by atoms with Gasteiger partial charge in [-0.05, 0) is 24.5 Å². The standard InChI is InChI=1S/C20H23NO4/c1-3-16(2)21(19(22)24-14-17-10-6-4-7-11-17)20(23)25-15-18-12-8-5-9-13-18/h4-13,16H,3,14-15H2,1-2H3. The second-order valence-electron chi connectivity index (χ2n) is 5.71. The van der Waals surface area contributed by atoms with Gasteiger partial charge in [0.1, 0.15) is 13.2 Å². The minimum Gasteiger partial charge on any atom is -0.444 e. The summed E-state index contributed by atoms with van der Waals surface area (Å²) in [5, 5.41) is 0. The van der Waals surface area contributed by atoms with Gasteiger partial charge >= 0.3 is 12.2 Å². The second-order valence-corrected chi connectivity index (χ2v) is 5.71. The Balaban J connectivity index is 1.96. The predicted octanol–water partition coefficient (Wildman–Crippen LogP) is 4.76. The highest BCUT2D eigenvalue weighted by atomic mass is 16.6. The van der Waals surface area contributed by atoms with Crippen LogP contribution in [-0.2, 0) is 22.7 Å². The monoisotopic (exact) mass is 341 g/mol. The van der Waals surface area contributed by atoms with Crippen LogP contribution in [0.2, 0.25) is 0 Å². The van der Waals surface area contributed by atoms with E-state index in [-0.39, 0.29) is 19.3 Å². The molecule has 2 rings (SSSR count). The lowest BCUT2D eigenvalue weighted by Crippen LogP contribution is -2.43. The molecule has 0 aliphatic rings. The number of hydrogen-bond acceptors (Lipinski definition) is 4. The first-order chi connectivity index (χ1) is 12.1. The van der Waals surface area contributed by atoms with E-state index in [0.29, 0.717) is 6.42 Å². The topological polar surface area (TPSA) is 55.8 Å². The van der Waals surface area contributed by atoms with E-state index in [1.54, 1.807) is 6.92 Å². The van der Waals surface area contributed by atoms with Crippen LogP contribution in [0, 0.1) is 0 Å². The van der Waals surface area contributed by atoms with Crippen LogP contribution in [0.3, 0.4) is 0 Å². The molecule has 0 spiro atoms. The van der Waals surface area contributed by atoms with Crippen molar-refractivity contribution in [1.82, 2.24) is 4.90 Å². The molecule has 1 atom stereocenters. The van der Waals surface area contributed by atoms with Gasteiger partial charge in [-0.3, -0.25) is 0 Å². The van der Waals surface area contributed by atoms with Gasteiger partial charge in [0.25, 0.3) is 0 Å². The lowest BCUT2D eigenvalue weighted by molar-refractivity contribution is 0.0581. The van der Waals surface area contributed by atoms with E-state index in [2.05, 4.69) is 0 Å². The maximum absolute atomic E-state index is 12.4. The van der Waals surface area contributed by atoms with Crippen LogP contribution in [-0.4, -0.2) is 23.1 Å². The Kier molecular flexibility index (Phi) is 7.01. The molecule has 2 aromatic carbocycles. The number of carbonyl (C=O) groups excluding carboxylic acids is 2. The fourth-order valence-electron chi connectivity index (χ4n) is 2.19. The van der Waals surface area contributed by atoms with Gasteiger partial charge in [-0.2, -0.15) is 0 Å².